The lowest BCUT2D eigenvalue weighted by Gasteiger charge is -2.33. The van der Waals surface area contributed by atoms with Crippen molar-refractivity contribution >= 4 is 11.3 Å². The molecule has 6 nitrogen and oxygen atoms in total. The van der Waals surface area contributed by atoms with Crippen molar-refractivity contribution in [2.75, 3.05) is 19.7 Å². The lowest BCUT2D eigenvalue weighted by Crippen LogP contribution is -2.49. The van der Waals surface area contributed by atoms with Gasteiger partial charge >= 0.3 is 0 Å². The van der Waals surface area contributed by atoms with Gasteiger partial charge < -0.3 is 15.0 Å². The molecule has 2 N–H and O–H groups in total. The van der Waals surface area contributed by atoms with E-state index in [1.54, 1.807) is 11.3 Å². The number of hydrogen-bond acceptors (Lipinski definition) is 7. The SMILES string of the molecule is CC(N)C1CN(Cc2nc(-c3ccsc3)no2)CCO1. The van der Waals surface area contributed by atoms with E-state index in [1.807, 2.05) is 23.8 Å². The number of rotatable bonds is 4. The summed E-state index contributed by atoms with van der Waals surface area (Å²) in [5.41, 5.74) is 6.89. The van der Waals surface area contributed by atoms with Gasteiger partial charge in [-0.1, -0.05) is 5.16 Å². The van der Waals surface area contributed by atoms with E-state index in [2.05, 4.69) is 15.0 Å². The largest absolute Gasteiger partial charge is 0.374 e. The molecule has 3 rings (SSSR count). The van der Waals surface area contributed by atoms with Gasteiger partial charge in [0.1, 0.15) is 0 Å². The number of morpholine rings is 1. The molecular weight excluding hydrogens is 276 g/mol. The number of ether oxygens (including phenoxy) is 1. The summed E-state index contributed by atoms with van der Waals surface area (Å²) >= 11 is 1.62. The fourth-order valence-electron chi connectivity index (χ4n) is 2.21. The Morgan fingerprint density at radius 1 is 1.60 bits per heavy atom. The molecule has 0 aliphatic carbocycles. The van der Waals surface area contributed by atoms with Crippen LogP contribution in [0.15, 0.2) is 21.3 Å². The molecular formula is C13H18N4O2S. The molecule has 3 heterocycles. The van der Waals surface area contributed by atoms with Gasteiger partial charge in [0.2, 0.25) is 11.7 Å². The maximum absolute atomic E-state index is 5.89. The van der Waals surface area contributed by atoms with Crippen molar-refractivity contribution in [3.05, 3.63) is 22.7 Å². The highest BCUT2D eigenvalue weighted by Gasteiger charge is 2.24. The zero-order chi connectivity index (χ0) is 13.9. The molecule has 1 fully saturated rings. The summed E-state index contributed by atoms with van der Waals surface area (Å²) in [6.07, 6.45) is 0.0722. The lowest BCUT2D eigenvalue weighted by molar-refractivity contribution is -0.0427. The van der Waals surface area contributed by atoms with E-state index < -0.39 is 0 Å². The molecule has 1 aliphatic heterocycles. The fourth-order valence-corrected chi connectivity index (χ4v) is 2.85. The molecule has 108 valence electrons. The quantitative estimate of drug-likeness (QED) is 0.917. The number of thiophene rings is 1. The average molecular weight is 294 g/mol. The summed E-state index contributed by atoms with van der Waals surface area (Å²) in [6, 6.07) is 2.02. The Labute approximate surface area is 121 Å². The normalized spacial score (nSPS) is 22.0. The highest BCUT2D eigenvalue weighted by Crippen LogP contribution is 2.19. The van der Waals surface area contributed by atoms with Crippen molar-refractivity contribution in [1.29, 1.82) is 0 Å². The highest BCUT2D eigenvalue weighted by molar-refractivity contribution is 7.08. The van der Waals surface area contributed by atoms with E-state index in [9.17, 15) is 0 Å². The Bertz CT molecular complexity index is 540. The number of aromatic nitrogens is 2. The van der Waals surface area contributed by atoms with Gasteiger partial charge in [-0.25, -0.2) is 0 Å². The first-order valence-electron chi connectivity index (χ1n) is 6.67. The third kappa shape index (κ3) is 3.06. The second kappa shape index (κ2) is 6.01. The van der Waals surface area contributed by atoms with Gasteiger partial charge in [-0.3, -0.25) is 4.90 Å². The van der Waals surface area contributed by atoms with Gasteiger partial charge in [-0.05, 0) is 18.4 Å². The topological polar surface area (TPSA) is 77.4 Å². The molecule has 1 aliphatic rings. The number of hydrogen-bond donors (Lipinski definition) is 1. The van der Waals surface area contributed by atoms with Gasteiger partial charge in [-0.15, -0.1) is 0 Å². The zero-order valence-corrected chi connectivity index (χ0v) is 12.2. The third-order valence-corrected chi connectivity index (χ3v) is 4.05. The molecule has 2 atom stereocenters. The summed E-state index contributed by atoms with van der Waals surface area (Å²) < 4.78 is 11.0. The van der Waals surface area contributed by atoms with Crippen LogP contribution in [0.4, 0.5) is 0 Å². The smallest absolute Gasteiger partial charge is 0.241 e. The van der Waals surface area contributed by atoms with Crippen LogP contribution < -0.4 is 5.73 Å². The standard InChI is InChI=1S/C13H18N4O2S/c1-9(14)11-6-17(3-4-18-11)7-12-15-13(16-19-12)10-2-5-20-8-10/h2,5,8-9,11H,3-4,6-7,14H2,1H3. The summed E-state index contributed by atoms with van der Waals surface area (Å²) in [4.78, 5) is 6.67. The van der Waals surface area contributed by atoms with Crippen molar-refractivity contribution in [3.8, 4) is 11.4 Å². The first kappa shape index (κ1) is 13.7. The average Bonchev–Trinajstić information content (AvgIpc) is 3.09. The number of nitrogens with zero attached hydrogens (tertiary/aromatic N) is 3. The minimum atomic E-state index is 0.0295. The van der Waals surface area contributed by atoms with Crippen molar-refractivity contribution < 1.29 is 9.26 Å². The second-order valence-corrected chi connectivity index (χ2v) is 5.81. The van der Waals surface area contributed by atoms with Crippen molar-refractivity contribution in [1.82, 2.24) is 15.0 Å². The molecule has 0 bridgehead atoms. The Hall–Kier alpha value is -1.28. The van der Waals surface area contributed by atoms with E-state index in [0.717, 1.165) is 18.7 Å². The van der Waals surface area contributed by atoms with Crippen LogP contribution in [0.25, 0.3) is 11.4 Å². The summed E-state index contributed by atoms with van der Waals surface area (Å²) in [7, 11) is 0. The minimum absolute atomic E-state index is 0.0295. The second-order valence-electron chi connectivity index (χ2n) is 5.03. The van der Waals surface area contributed by atoms with Crippen molar-refractivity contribution in [2.45, 2.75) is 25.6 Å². The van der Waals surface area contributed by atoms with Crippen molar-refractivity contribution in [2.24, 2.45) is 5.73 Å². The summed E-state index contributed by atoms with van der Waals surface area (Å²) in [5, 5.41) is 8.03. The number of nitrogens with two attached hydrogens (primary N) is 1. The monoisotopic (exact) mass is 294 g/mol. The van der Waals surface area contributed by atoms with Crippen LogP contribution in [0.1, 0.15) is 12.8 Å². The predicted octanol–water partition coefficient (Wildman–Crippen LogP) is 1.35. The van der Waals surface area contributed by atoms with Crippen molar-refractivity contribution in [3.63, 3.8) is 0 Å². The minimum Gasteiger partial charge on any atom is -0.374 e. The molecule has 2 aromatic rings. The first-order valence-corrected chi connectivity index (χ1v) is 7.61. The van der Waals surface area contributed by atoms with E-state index in [4.69, 9.17) is 15.0 Å². The highest BCUT2D eigenvalue weighted by atomic mass is 32.1. The molecule has 0 aromatic carbocycles. The van der Waals surface area contributed by atoms with Crippen LogP contribution >= 0.6 is 11.3 Å². The molecule has 0 amide bonds. The van der Waals surface area contributed by atoms with E-state index in [0.29, 0.717) is 24.9 Å². The van der Waals surface area contributed by atoms with Gasteiger partial charge in [0.15, 0.2) is 0 Å². The van der Waals surface area contributed by atoms with E-state index in [-0.39, 0.29) is 12.1 Å². The Kier molecular flexibility index (Phi) is 4.11. The van der Waals surface area contributed by atoms with Gasteiger partial charge in [0.05, 0.1) is 19.3 Å². The third-order valence-electron chi connectivity index (χ3n) is 3.37. The summed E-state index contributed by atoms with van der Waals surface area (Å²) in [5.74, 6) is 1.29. The Morgan fingerprint density at radius 2 is 2.50 bits per heavy atom. The van der Waals surface area contributed by atoms with E-state index >= 15 is 0 Å². The maximum Gasteiger partial charge on any atom is 0.241 e. The molecule has 7 heteroatoms. The molecule has 1 saturated heterocycles. The first-order chi connectivity index (χ1) is 9.72. The van der Waals surface area contributed by atoms with Crippen LogP contribution in [0.5, 0.6) is 0 Å². The van der Waals surface area contributed by atoms with E-state index in [1.165, 1.54) is 0 Å². The Balaban J connectivity index is 1.63. The molecule has 0 spiro atoms. The van der Waals surface area contributed by atoms with Gasteiger partial charge in [0, 0.05) is 30.1 Å². The zero-order valence-electron chi connectivity index (χ0n) is 11.4. The van der Waals surface area contributed by atoms with Gasteiger partial charge in [0.25, 0.3) is 0 Å². The van der Waals surface area contributed by atoms with Crippen LogP contribution in [-0.2, 0) is 11.3 Å². The van der Waals surface area contributed by atoms with Crippen LogP contribution in [0.2, 0.25) is 0 Å². The van der Waals surface area contributed by atoms with Crippen LogP contribution in [-0.4, -0.2) is 46.9 Å². The molecule has 2 aromatic heterocycles. The lowest BCUT2D eigenvalue weighted by atomic mass is 10.1. The maximum atomic E-state index is 5.89. The Morgan fingerprint density at radius 3 is 3.25 bits per heavy atom. The molecule has 2 unspecified atom stereocenters. The van der Waals surface area contributed by atoms with Gasteiger partial charge in [-0.2, -0.15) is 16.3 Å². The molecule has 0 radical (unpaired) electrons. The van der Waals surface area contributed by atoms with Crippen LogP contribution in [0, 0.1) is 0 Å². The molecule has 0 saturated carbocycles. The fraction of sp³-hybridized carbons (Fsp3) is 0.538. The summed E-state index contributed by atoms with van der Waals surface area (Å²) in [6.45, 7) is 4.96. The predicted molar refractivity (Wildman–Crippen MR) is 76.3 cm³/mol. The van der Waals surface area contributed by atoms with Crippen LogP contribution in [0.3, 0.4) is 0 Å². The molecule has 20 heavy (non-hydrogen) atoms.